The summed E-state index contributed by atoms with van der Waals surface area (Å²) in [4.78, 5) is 12.3. The number of anilines is 1. The van der Waals surface area contributed by atoms with Crippen molar-refractivity contribution in [1.29, 1.82) is 0 Å². The molecule has 2 atom stereocenters. The van der Waals surface area contributed by atoms with Gasteiger partial charge in [0.25, 0.3) is 0 Å². The number of rotatable bonds is 6. The summed E-state index contributed by atoms with van der Waals surface area (Å²) in [5.41, 5.74) is 1.46. The first kappa shape index (κ1) is 19.4. The van der Waals surface area contributed by atoms with E-state index in [2.05, 4.69) is 10.6 Å². The number of carbonyl (C=O) groups excluding carboxylic acids is 1. The maximum absolute atomic E-state index is 12.3. The van der Waals surface area contributed by atoms with Crippen LogP contribution in [0.3, 0.4) is 0 Å². The summed E-state index contributed by atoms with van der Waals surface area (Å²) in [5, 5.41) is 11.6. The number of carbonyl (C=O) groups is 1. The predicted octanol–water partition coefficient (Wildman–Crippen LogP) is 2.67. The molecule has 0 spiro atoms. The molecular formula is C17H20ClN3O3S. The molecule has 0 aromatic heterocycles. The van der Waals surface area contributed by atoms with Gasteiger partial charge in [-0.3, -0.25) is 10.1 Å². The van der Waals surface area contributed by atoms with E-state index >= 15 is 0 Å². The van der Waals surface area contributed by atoms with Crippen molar-refractivity contribution in [3.05, 3.63) is 59.1 Å². The molecule has 0 unspecified atom stereocenters. The van der Waals surface area contributed by atoms with Gasteiger partial charge < -0.3 is 5.32 Å². The number of nitrogens with two attached hydrogens (primary N) is 1. The quantitative estimate of drug-likeness (QED) is 0.715. The average molecular weight is 382 g/mol. The molecule has 2 aromatic rings. The van der Waals surface area contributed by atoms with Gasteiger partial charge in [-0.25, -0.2) is 13.6 Å². The van der Waals surface area contributed by atoms with Crippen LogP contribution in [0.1, 0.15) is 25.5 Å². The van der Waals surface area contributed by atoms with Crippen LogP contribution in [0, 0.1) is 0 Å². The molecule has 2 aromatic carbocycles. The summed E-state index contributed by atoms with van der Waals surface area (Å²) >= 11 is 5.98. The minimum Gasteiger partial charge on any atom is -0.325 e. The van der Waals surface area contributed by atoms with Crippen LogP contribution in [0.2, 0.25) is 5.02 Å². The van der Waals surface area contributed by atoms with E-state index in [1.54, 1.807) is 13.0 Å². The molecule has 134 valence electrons. The lowest BCUT2D eigenvalue weighted by Gasteiger charge is -2.20. The third-order valence-corrected chi connectivity index (χ3v) is 4.86. The number of hydrogen-bond acceptors (Lipinski definition) is 4. The SMILES string of the molecule is C[C@H](N[C@@H](C)c1cccc(Cl)c1)C(=O)Nc1ccc(S(N)(=O)=O)cc1. The third kappa shape index (κ3) is 5.54. The molecule has 0 saturated heterocycles. The second-order valence-electron chi connectivity index (χ2n) is 5.72. The first-order valence-corrected chi connectivity index (χ1v) is 9.54. The maximum atomic E-state index is 12.3. The minimum absolute atomic E-state index is 0.00810. The molecule has 1 amide bonds. The van der Waals surface area contributed by atoms with Gasteiger partial charge in [-0.1, -0.05) is 23.7 Å². The Morgan fingerprint density at radius 2 is 1.76 bits per heavy atom. The molecule has 0 aliphatic heterocycles. The van der Waals surface area contributed by atoms with Gasteiger partial charge in [-0.15, -0.1) is 0 Å². The zero-order valence-electron chi connectivity index (χ0n) is 13.9. The fourth-order valence-electron chi connectivity index (χ4n) is 2.30. The highest BCUT2D eigenvalue weighted by Gasteiger charge is 2.17. The number of nitrogens with one attached hydrogen (secondary N) is 2. The summed E-state index contributed by atoms with van der Waals surface area (Å²) in [6, 6.07) is 12.6. The number of hydrogen-bond donors (Lipinski definition) is 3. The number of amides is 1. The topological polar surface area (TPSA) is 101 Å². The van der Waals surface area contributed by atoms with Gasteiger partial charge in [0.15, 0.2) is 0 Å². The Kier molecular flexibility index (Phi) is 6.18. The molecule has 0 heterocycles. The largest absolute Gasteiger partial charge is 0.325 e. The molecular weight excluding hydrogens is 362 g/mol. The van der Waals surface area contributed by atoms with Crippen LogP contribution in [-0.4, -0.2) is 20.4 Å². The fraction of sp³-hybridized carbons (Fsp3) is 0.235. The van der Waals surface area contributed by atoms with Gasteiger partial charge in [0.2, 0.25) is 15.9 Å². The van der Waals surface area contributed by atoms with Crippen molar-refractivity contribution in [3.8, 4) is 0 Å². The van der Waals surface area contributed by atoms with Crippen molar-refractivity contribution >= 4 is 33.2 Å². The second kappa shape index (κ2) is 7.97. The van der Waals surface area contributed by atoms with E-state index in [1.165, 1.54) is 24.3 Å². The highest BCUT2D eigenvalue weighted by Crippen LogP contribution is 2.18. The Morgan fingerprint density at radius 3 is 2.32 bits per heavy atom. The Labute approximate surface area is 152 Å². The highest BCUT2D eigenvalue weighted by molar-refractivity contribution is 7.89. The Morgan fingerprint density at radius 1 is 1.12 bits per heavy atom. The minimum atomic E-state index is -3.75. The molecule has 2 rings (SSSR count). The van der Waals surface area contributed by atoms with Crippen molar-refractivity contribution in [2.24, 2.45) is 5.14 Å². The molecule has 0 radical (unpaired) electrons. The van der Waals surface area contributed by atoms with E-state index < -0.39 is 16.1 Å². The van der Waals surface area contributed by atoms with Gasteiger partial charge in [0, 0.05) is 16.8 Å². The molecule has 0 fully saturated rings. The summed E-state index contributed by atoms with van der Waals surface area (Å²) in [6.45, 7) is 3.69. The molecule has 6 nitrogen and oxygen atoms in total. The standard InChI is InChI=1S/C17H20ClN3O3S/c1-11(13-4-3-5-14(18)10-13)20-12(2)17(22)21-15-6-8-16(9-7-15)25(19,23)24/h3-12,20H,1-2H3,(H,21,22)(H2,19,23,24)/t11-,12-/m0/s1. The lowest BCUT2D eigenvalue weighted by atomic mass is 10.1. The third-order valence-electron chi connectivity index (χ3n) is 3.69. The highest BCUT2D eigenvalue weighted by atomic mass is 35.5. The first-order valence-electron chi connectivity index (χ1n) is 7.62. The van der Waals surface area contributed by atoms with Gasteiger partial charge in [0.1, 0.15) is 0 Å². The number of primary sulfonamides is 1. The predicted molar refractivity (Wildman–Crippen MR) is 98.9 cm³/mol. The molecule has 0 bridgehead atoms. The van der Waals surface area contributed by atoms with Crippen LogP contribution in [0.25, 0.3) is 0 Å². The lowest BCUT2D eigenvalue weighted by molar-refractivity contribution is -0.117. The van der Waals surface area contributed by atoms with E-state index in [1.807, 2.05) is 25.1 Å². The Bertz CT molecular complexity index is 854. The normalized spacial score (nSPS) is 13.9. The van der Waals surface area contributed by atoms with Crippen LogP contribution in [0.4, 0.5) is 5.69 Å². The second-order valence-corrected chi connectivity index (χ2v) is 7.72. The average Bonchev–Trinajstić information content (AvgIpc) is 2.54. The van der Waals surface area contributed by atoms with Gasteiger partial charge in [0.05, 0.1) is 10.9 Å². The number of halogens is 1. The van der Waals surface area contributed by atoms with Crippen LogP contribution >= 0.6 is 11.6 Å². The Balaban J connectivity index is 1.98. The summed E-state index contributed by atoms with van der Waals surface area (Å²) in [7, 11) is -3.75. The van der Waals surface area contributed by atoms with Gasteiger partial charge >= 0.3 is 0 Å². The molecule has 4 N–H and O–H groups in total. The van der Waals surface area contributed by atoms with E-state index in [0.29, 0.717) is 10.7 Å². The van der Waals surface area contributed by atoms with Gasteiger partial charge in [-0.2, -0.15) is 0 Å². The smallest absolute Gasteiger partial charge is 0.241 e. The van der Waals surface area contributed by atoms with E-state index in [4.69, 9.17) is 16.7 Å². The lowest BCUT2D eigenvalue weighted by Crippen LogP contribution is -2.39. The molecule has 0 aliphatic rings. The van der Waals surface area contributed by atoms with Crippen molar-refractivity contribution in [2.45, 2.75) is 30.8 Å². The first-order chi connectivity index (χ1) is 11.7. The molecule has 0 aliphatic carbocycles. The van der Waals surface area contributed by atoms with Crippen LogP contribution < -0.4 is 15.8 Å². The van der Waals surface area contributed by atoms with Crippen molar-refractivity contribution in [1.82, 2.24) is 5.32 Å². The summed E-state index contributed by atoms with van der Waals surface area (Å²) in [6.07, 6.45) is 0. The number of benzene rings is 2. The molecule has 25 heavy (non-hydrogen) atoms. The summed E-state index contributed by atoms with van der Waals surface area (Å²) < 4.78 is 22.5. The van der Waals surface area contributed by atoms with E-state index in [0.717, 1.165) is 5.56 Å². The zero-order valence-corrected chi connectivity index (χ0v) is 15.4. The van der Waals surface area contributed by atoms with E-state index in [9.17, 15) is 13.2 Å². The molecule has 0 saturated carbocycles. The fourth-order valence-corrected chi connectivity index (χ4v) is 3.02. The van der Waals surface area contributed by atoms with Gasteiger partial charge in [-0.05, 0) is 55.8 Å². The van der Waals surface area contributed by atoms with Crippen LogP contribution in [-0.2, 0) is 14.8 Å². The zero-order chi connectivity index (χ0) is 18.6. The monoisotopic (exact) mass is 381 g/mol. The van der Waals surface area contributed by atoms with Crippen LogP contribution in [0.15, 0.2) is 53.4 Å². The van der Waals surface area contributed by atoms with Crippen LogP contribution in [0.5, 0.6) is 0 Å². The van der Waals surface area contributed by atoms with Crippen molar-refractivity contribution in [2.75, 3.05) is 5.32 Å². The molecule has 8 heteroatoms. The van der Waals surface area contributed by atoms with Crippen molar-refractivity contribution in [3.63, 3.8) is 0 Å². The van der Waals surface area contributed by atoms with Crippen molar-refractivity contribution < 1.29 is 13.2 Å². The van der Waals surface area contributed by atoms with E-state index in [-0.39, 0.29) is 16.8 Å². The maximum Gasteiger partial charge on any atom is 0.241 e. The number of sulfonamides is 1. The Hall–Kier alpha value is -1.93. The summed E-state index contributed by atoms with van der Waals surface area (Å²) in [5.74, 6) is -0.239.